The molecule has 0 amide bonds. The van der Waals surface area contributed by atoms with E-state index in [9.17, 15) is 4.79 Å². The minimum absolute atomic E-state index is 0.134. The smallest absolute Gasteiger partial charge is 0.250 e. The van der Waals surface area contributed by atoms with Crippen LogP contribution in [0.3, 0.4) is 0 Å². The van der Waals surface area contributed by atoms with Crippen LogP contribution in [-0.2, 0) is 0 Å². The van der Waals surface area contributed by atoms with E-state index in [2.05, 4.69) is 13.8 Å². The Bertz CT molecular complexity index is 378. The summed E-state index contributed by atoms with van der Waals surface area (Å²) < 4.78 is 1.88. The van der Waals surface area contributed by atoms with E-state index in [1.807, 2.05) is 16.8 Å². The second-order valence-corrected chi connectivity index (χ2v) is 5.01. The third-order valence-electron chi connectivity index (χ3n) is 3.19. The van der Waals surface area contributed by atoms with Crippen molar-refractivity contribution in [3.63, 3.8) is 0 Å². The van der Waals surface area contributed by atoms with Gasteiger partial charge in [-0.3, -0.25) is 4.79 Å². The summed E-state index contributed by atoms with van der Waals surface area (Å²) in [5.74, 6) is 0. The first-order chi connectivity index (χ1) is 6.58. The third kappa shape index (κ3) is 1.74. The molecule has 2 nitrogen and oxygen atoms in total. The molecular formula is C12H17NO. The van der Waals surface area contributed by atoms with Gasteiger partial charge in [-0.2, -0.15) is 0 Å². The van der Waals surface area contributed by atoms with Crippen molar-refractivity contribution in [3.05, 3.63) is 34.7 Å². The lowest BCUT2D eigenvalue weighted by atomic mass is 9.92. The fourth-order valence-electron chi connectivity index (χ4n) is 2.38. The lowest BCUT2D eigenvalue weighted by molar-refractivity contribution is 0.356. The van der Waals surface area contributed by atoms with Crippen LogP contribution in [0.1, 0.15) is 39.2 Å². The molecule has 1 fully saturated rings. The molecule has 0 N–H and O–H groups in total. The molecule has 1 aliphatic carbocycles. The van der Waals surface area contributed by atoms with Gasteiger partial charge in [0.25, 0.3) is 5.56 Å². The molecule has 0 aliphatic heterocycles. The van der Waals surface area contributed by atoms with Crippen molar-refractivity contribution in [2.24, 2.45) is 5.41 Å². The van der Waals surface area contributed by atoms with Crippen LogP contribution in [0.4, 0.5) is 0 Å². The van der Waals surface area contributed by atoms with E-state index in [-0.39, 0.29) is 5.56 Å². The van der Waals surface area contributed by atoms with Gasteiger partial charge >= 0.3 is 0 Å². The average Bonchev–Trinajstić information content (AvgIpc) is 2.47. The first-order valence-electron chi connectivity index (χ1n) is 5.26. The van der Waals surface area contributed by atoms with Crippen molar-refractivity contribution in [1.29, 1.82) is 0 Å². The van der Waals surface area contributed by atoms with Gasteiger partial charge in [-0.1, -0.05) is 19.9 Å². The van der Waals surface area contributed by atoms with Crippen LogP contribution in [0.5, 0.6) is 0 Å². The maximum atomic E-state index is 11.6. The lowest BCUT2D eigenvalue weighted by Gasteiger charge is -2.18. The fourth-order valence-corrected chi connectivity index (χ4v) is 2.38. The van der Waals surface area contributed by atoms with Crippen molar-refractivity contribution in [2.45, 2.75) is 39.2 Å². The average molecular weight is 191 g/mol. The van der Waals surface area contributed by atoms with Gasteiger partial charge in [0.15, 0.2) is 0 Å². The molecule has 1 aliphatic rings. The van der Waals surface area contributed by atoms with Crippen LogP contribution in [0.15, 0.2) is 29.2 Å². The van der Waals surface area contributed by atoms with Gasteiger partial charge in [0, 0.05) is 18.3 Å². The van der Waals surface area contributed by atoms with Crippen molar-refractivity contribution >= 4 is 0 Å². The normalized spacial score (nSPS) is 25.1. The van der Waals surface area contributed by atoms with Gasteiger partial charge in [0.1, 0.15) is 0 Å². The van der Waals surface area contributed by atoms with Crippen LogP contribution in [0.2, 0.25) is 0 Å². The molecule has 1 atom stereocenters. The van der Waals surface area contributed by atoms with Crippen LogP contribution in [0.25, 0.3) is 0 Å². The summed E-state index contributed by atoms with van der Waals surface area (Å²) in [4.78, 5) is 11.6. The molecule has 0 aromatic carbocycles. The number of hydrogen-bond donors (Lipinski definition) is 0. The van der Waals surface area contributed by atoms with Crippen LogP contribution >= 0.6 is 0 Å². The van der Waals surface area contributed by atoms with Gasteiger partial charge in [0.05, 0.1) is 0 Å². The van der Waals surface area contributed by atoms with E-state index >= 15 is 0 Å². The molecule has 0 saturated heterocycles. The maximum absolute atomic E-state index is 11.6. The van der Waals surface area contributed by atoms with Crippen LogP contribution < -0.4 is 5.56 Å². The predicted octanol–water partition coefficient (Wildman–Crippen LogP) is 2.60. The molecule has 1 aromatic heterocycles. The molecular weight excluding hydrogens is 174 g/mol. The highest BCUT2D eigenvalue weighted by atomic mass is 16.1. The molecule has 2 heteroatoms. The van der Waals surface area contributed by atoms with Gasteiger partial charge < -0.3 is 4.57 Å². The zero-order chi connectivity index (χ0) is 10.2. The maximum Gasteiger partial charge on any atom is 0.250 e. The molecule has 1 saturated carbocycles. The largest absolute Gasteiger partial charge is 0.312 e. The molecule has 1 heterocycles. The van der Waals surface area contributed by atoms with E-state index < -0.39 is 0 Å². The number of nitrogens with zero attached hydrogens (tertiary/aromatic N) is 1. The quantitative estimate of drug-likeness (QED) is 0.668. The SMILES string of the molecule is CC1(C)CCC(n2ccccc2=O)C1. The summed E-state index contributed by atoms with van der Waals surface area (Å²) in [7, 11) is 0. The Kier molecular flexibility index (Phi) is 2.22. The summed E-state index contributed by atoms with van der Waals surface area (Å²) in [5, 5.41) is 0. The summed E-state index contributed by atoms with van der Waals surface area (Å²) in [6.07, 6.45) is 5.39. The second-order valence-electron chi connectivity index (χ2n) is 5.01. The Balaban J connectivity index is 2.26. The standard InChI is InChI=1S/C12H17NO/c1-12(2)7-6-10(9-12)13-8-4-3-5-11(13)14/h3-5,8,10H,6-7,9H2,1-2H3. The second kappa shape index (κ2) is 3.26. The molecule has 14 heavy (non-hydrogen) atoms. The first kappa shape index (κ1) is 9.50. The first-order valence-corrected chi connectivity index (χ1v) is 5.26. The predicted molar refractivity (Wildman–Crippen MR) is 57.4 cm³/mol. The zero-order valence-corrected chi connectivity index (χ0v) is 8.86. The van der Waals surface area contributed by atoms with Crippen molar-refractivity contribution < 1.29 is 0 Å². The number of aromatic nitrogens is 1. The van der Waals surface area contributed by atoms with E-state index in [0.717, 1.165) is 12.8 Å². The Morgan fingerprint density at radius 3 is 2.79 bits per heavy atom. The summed E-state index contributed by atoms with van der Waals surface area (Å²) in [6.45, 7) is 4.56. The number of rotatable bonds is 1. The van der Waals surface area contributed by atoms with Gasteiger partial charge in [-0.15, -0.1) is 0 Å². The van der Waals surface area contributed by atoms with Gasteiger partial charge in [-0.25, -0.2) is 0 Å². The highest BCUT2D eigenvalue weighted by Crippen LogP contribution is 2.42. The minimum Gasteiger partial charge on any atom is -0.312 e. The summed E-state index contributed by atoms with van der Waals surface area (Å²) >= 11 is 0. The van der Waals surface area contributed by atoms with Crippen LogP contribution in [0, 0.1) is 5.41 Å². The summed E-state index contributed by atoms with van der Waals surface area (Å²) in [6, 6.07) is 5.80. The van der Waals surface area contributed by atoms with Gasteiger partial charge in [0.2, 0.25) is 0 Å². The van der Waals surface area contributed by atoms with E-state index in [0.29, 0.717) is 11.5 Å². The Labute approximate surface area is 84.6 Å². The molecule has 1 aromatic rings. The number of hydrogen-bond acceptors (Lipinski definition) is 1. The monoisotopic (exact) mass is 191 g/mol. The minimum atomic E-state index is 0.134. The third-order valence-corrected chi connectivity index (χ3v) is 3.19. The Hall–Kier alpha value is -1.05. The Morgan fingerprint density at radius 2 is 2.21 bits per heavy atom. The van der Waals surface area contributed by atoms with Crippen molar-refractivity contribution in [2.75, 3.05) is 0 Å². The number of pyridine rings is 1. The van der Waals surface area contributed by atoms with Crippen LogP contribution in [-0.4, -0.2) is 4.57 Å². The summed E-state index contributed by atoms with van der Waals surface area (Å²) in [5.41, 5.74) is 0.537. The highest BCUT2D eigenvalue weighted by molar-refractivity contribution is 4.97. The topological polar surface area (TPSA) is 22.0 Å². The van der Waals surface area contributed by atoms with E-state index in [1.54, 1.807) is 12.1 Å². The molecule has 2 rings (SSSR count). The Morgan fingerprint density at radius 1 is 1.43 bits per heavy atom. The molecule has 0 radical (unpaired) electrons. The fraction of sp³-hybridized carbons (Fsp3) is 0.583. The van der Waals surface area contributed by atoms with Crippen molar-refractivity contribution in [3.8, 4) is 0 Å². The van der Waals surface area contributed by atoms with E-state index in [4.69, 9.17) is 0 Å². The van der Waals surface area contributed by atoms with E-state index in [1.165, 1.54) is 6.42 Å². The molecule has 76 valence electrons. The molecule has 0 spiro atoms. The zero-order valence-electron chi connectivity index (χ0n) is 8.86. The lowest BCUT2D eigenvalue weighted by Crippen LogP contribution is -2.22. The molecule has 0 bridgehead atoms. The molecule has 1 unspecified atom stereocenters. The highest BCUT2D eigenvalue weighted by Gasteiger charge is 2.31. The van der Waals surface area contributed by atoms with Crippen molar-refractivity contribution in [1.82, 2.24) is 4.57 Å². The van der Waals surface area contributed by atoms with Gasteiger partial charge in [-0.05, 0) is 30.7 Å².